The first kappa shape index (κ1) is 13.6. The molecule has 0 atom stereocenters. The largest absolute Gasteiger partial charge is 0.496 e. The molecule has 94 valence electrons. The summed E-state index contributed by atoms with van der Waals surface area (Å²) in [6.07, 6.45) is 4.06. The molecule has 1 aromatic carbocycles. The Morgan fingerprint density at radius 1 is 1.29 bits per heavy atom. The molecule has 17 heavy (non-hydrogen) atoms. The second-order valence-electron chi connectivity index (χ2n) is 4.26. The quantitative estimate of drug-likeness (QED) is 0.739. The lowest BCUT2D eigenvalue weighted by molar-refractivity contribution is -0.137. The molecule has 0 aliphatic rings. The summed E-state index contributed by atoms with van der Waals surface area (Å²) in [5, 5.41) is 8.51. The molecule has 1 aromatic rings. The summed E-state index contributed by atoms with van der Waals surface area (Å²) in [5.41, 5.74) is 2.44. The van der Waals surface area contributed by atoms with Crippen LogP contribution in [0.15, 0.2) is 18.2 Å². The molecule has 0 unspecified atom stereocenters. The van der Waals surface area contributed by atoms with Crippen LogP contribution in [-0.4, -0.2) is 18.2 Å². The summed E-state index contributed by atoms with van der Waals surface area (Å²) < 4.78 is 5.20. The standard InChI is InChI=1S/C14H20O3/c1-11-10-12(8-9-13(11)17-2)6-4-3-5-7-14(15)16/h8-10H,3-7H2,1-2H3,(H,15,16). The minimum Gasteiger partial charge on any atom is -0.496 e. The van der Waals surface area contributed by atoms with Gasteiger partial charge >= 0.3 is 5.97 Å². The molecule has 0 aromatic heterocycles. The number of carboxylic acid groups (broad SMARTS) is 1. The van der Waals surface area contributed by atoms with Gasteiger partial charge in [0, 0.05) is 6.42 Å². The number of rotatable bonds is 7. The van der Waals surface area contributed by atoms with Crippen molar-refractivity contribution in [3.63, 3.8) is 0 Å². The predicted octanol–water partition coefficient (Wildman–Crippen LogP) is 3.19. The Labute approximate surface area is 102 Å². The highest BCUT2D eigenvalue weighted by molar-refractivity contribution is 5.66. The number of hydrogen-bond acceptors (Lipinski definition) is 2. The summed E-state index contributed by atoms with van der Waals surface area (Å²) in [5.74, 6) is 0.213. The third-order valence-corrected chi connectivity index (χ3v) is 2.82. The molecule has 1 N–H and O–H groups in total. The highest BCUT2D eigenvalue weighted by atomic mass is 16.5. The van der Waals surface area contributed by atoms with E-state index in [4.69, 9.17) is 9.84 Å². The van der Waals surface area contributed by atoms with Gasteiger partial charge < -0.3 is 9.84 Å². The molecule has 0 saturated carbocycles. The first-order valence-corrected chi connectivity index (χ1v) is 5.99. The van der Waals surface area contributed by atoms with E-state index in [1.165, 1.54) is 5.56 Å². The topological polar surface area (TPSA) is 46.5 Å². The molecule has 0 aliphatic heterocycles. The van der Waals surface area contributed by atoms with Gasteiger partial charge in [-0.1, -0.05) is 18.6 Å². The smallest absolute Gasteiger partial charge is 0.303 e. The van der Waals surface area contributed by atoms with Crippen LogP contribution in [0, 0.1) is 6.92 Å². The first-order valence-electron chi connectivity index (χ1n) is 5.99. The van der Waals surface area contributed by atoms with Gasteiger partial charge in [0.2, 0.25) is 0 Å². The van der Waals surface area contributed by atoms with Gasteiger partial charge in [-0.3, -0.25) is 4.79 Å². The number of aryl methyl sites for hydroxylation is 2. The third-order valence-electron chi connectivity index (χ3n) is 2.82. The lowest BCUT2D eigenvalue weighted by Crippen LogP contribution is -1.95. The Bertz CT molecular complexity index is 372. The molecule has 0 spiro atoms. The van der Waals surface area contributed by atoms with E-state index in [1.54, 1.807) is 7.11 Å². The fourth-order valence-electron chi connectivity index (χ4n) is 1.88. The zero-order valence-corrected chi connectivity index (χ0v) is 10.5. The van der Waals surface area contributed by atoms with Gasteiger partial charge in [-0.15, -0.1) is 0 Å². The highest BCUT2D eigenvalue weighted by Crippen LogP contribution is 2.19. The van der Waals surface area contributed by atoms with Crippen molar-refractivity contribution in [1.82, 2.24) is 0 Å². The average molecular weight is 236 g/mol. The Hall–Kier alpha value is -1.51. The van der Waals surface area contributed by atoms with Crippen LogP contribution in [0.1, 0.15) is 36.8 Å². The van der Waals surface area contributed by atoms with Crippen LogP contribution in [0.2, 0.25) is 0 Å². The molecule has 0 amide bonds. The normalized spacial score (nSPS) is 10.2. The van der Waals surface area contributed by atoms with Gasteiger partial charge in [-0.25, -0.2) is 0 Å². The van der Waals surface area contributed by atoms with Crippen LogP contribution >= 0.6 is 0 Å². The van der Waals surface area contributed by atoms with Crippen LogP contribution in [-0.2, 0) is 11.2 Å². The minimum absolute atomic E-state index is 0.279. The van der Waals surface area contributed by atoms with Crippen molar-refractivity contribution in [3.05, 3.63) is 29.3 Å². The molecule has 1 rings (SSSR count). The fraction of sp³-hybridized carbons (Fsp3) is 0.500. The molecule has 0 fully saturated rings. The van der Waals surface area contributed by atoms with E-state index < -0.39 is 5.97 Å². The SMILES string of the molecule is COc1ccc(CCCCCC(=O)O)cc1C. The number of hydrogen-bond donors (Lipinski definition) is 1. The Balaban J connectivity index is 2.32. The van der Waals surface area contributed by atoms with Crippen molar-refractivity contribution in [2.24, 2.45) is 0 Å². The van der Waals surface area contributed by atoms with Crippen LogP contribution < -0.4 is 4.74 Å². The summed E-state index contributed by atoms with van der Waals surface area (Å²) in [4.78, 5) is 10.3. The maximum absolute atomic E-state index is 10.3. The summed E-state index contributed by atoms with van der Waals surface area (Å²) in [6.45, 7) is 2.03. The van der Waals surface area contributed by atoms with Gasteiger partial charge in [0.25, 0.3) is 0 Å². The van der Waals surface area contributed by atoms with Crippen molar-refractivity contribution in [1.29, 1.82) is 0 Å². The van der Waals surface area contributed by atoms with Crippen molar-refractivity contribution in [2.45, 2.75) is 39.0 Å². The van der Waals surface area contributed by atoms with Gasteiger partial charge in [0.15, 0.2) is 0 Å². The molecular formula is C14H20O3. The van der Waals surface area contributed by atoms with E-state index in [-0.39, 0.29) is 6.42 Å². The average Bonchev–Trinajstić information content (AvgIpc) is 2.28. The highest BCUT2D eigenvalue weighted by Gasteiger charge is 2.01. The number of aliphatic carboxylic acids is 1. The summed E-state index contributed by atoms with van der Waals surface area (Å²) in [7, 11) is 1.67. The number of benzene rings is 1. The molecule has 0 bridgehead atoms. The monoisotopic (exact) mass is 236 g/mol. The maximum Gasteiger partial charge on any atom is 0.303 e. The Morgan fingerprint density at radius 3 is 2.65 bits per heavy atom. The van der Waals surface area contributed by atoms with Crippen molar-refractivity contribution in [2.75, 3.05) is 7.11 Å². The zero-order chi connectivity index (χ0) is 12.7. The lowest BCUT2D eigenvalue weighted by Gasteiger charge is -2.07. The summed E-state index contributed by atoms with van der Waals surface area (Å²) >= 11 is 0. The van der Waals surface area contributed by atoms with Gasteiger partial charge in [0.05, 0.1) is 7.11 Å². The predicted molar refractivity (Wildman–Crippen MR) is 67.5 cm³/mol. The van der Waals surface area contributed by atoms with Crippen molar-refractivity contribution >= 4 is 5.97 Å². The molecule has 0 radical (unpaired) electrons. The number of ether oxygens (including phenoxy) is 1. The minimum atomic E-state index is -0.703. The number of methoxy groups -OCH3 is 1. The second kappa shape index (κ2) is 6.94. The first-order chi connectivity index (χ1) is 8.13. The van der Waals surface area contributed by atoms with E-state index in [0.29, 0.717) is 0 Å². The van der Waals surface area contributed by atoms with E-state index in [9.17, 15) is 4.79 Å². The van der Waals surface area contributed by atoms with Crippen LogP contribution in [0.5, 0.6) is 5.75 Å². The van der Waals surface area contributed by atoms with Crippen molar-refractivity contribution in [3.8, 4) is 5.75 Å². The zero-order valence-electron chi connectivity index (χ0n) is 10.5. The summed E-state index contributed by atoms with van der Waals surface area (Å²) in [6, 6.07) is 6.20. The van der Waals surface area contributed by atoms with Gasteiger partial charge in [-0.2, -0.15) is 0 Å². The molecule has 0 aliphatic carbocycles. The van der Waals surface area contributed by atoms with Crippen LogP contribution in [0.25, 0.3) is 0 Å². The van der Waals surface area contributed by atoms with Crippen molar-refractivity contribution < 1.29 is 14.6 Å². The van der Waals surface area contributed by atoms with E-state index in [2.05, 4.69) is 12.1 Å². The second-order valence-corrected chi connectivity index (χ2v) is 4.26. The van der Waals surface area contributed by atoms with Crippen LogP contribution in [0.4, 0.5) is 0 Å². The molecule has 3 nitrogen and oxygen atoms in total. The van der Waals surface area contributed by atoms with Gasteiger partial charge in [0.1, 0.15) is 5.75 Å². The van der Waals surface area contributed by atoms with E-state index in [1.807, 2.05) is 13.0 Å². The fourth-order valence-corrected chi connectivity index (χ4v) is 1.88. The molecular weight excluding hydrogens is 216 g/mol. The van der Waals surface area contributed by atoms with Gasteiger partial charge in [-0.05, 0) is 43.4 Å². The number of unbranched alkanes of at least 4 members (excludes halogenated alkanes) is 2. The number of carboxylic acids is 1. The molecule has 0 heterocycles. The Morgan fingerprint density at radius 2 is 2.06 bits per heavy atom. The maximum atomic E-state index is 10.3. The lowest BCUT2D eigenvalue weighted by atomic mass is 10.0. The van der Waals surface area contributed by atoms with E-state index in [0.717, 1.165) is 37.0 Å². The molecule has 0 saturated heterocycles. The third kappa shape index (κ3) is 4.89. The molecule has 3 heteroatoms. The van der Waals surface area contributed by atoms with E-state index >= 15 is 0 Å². The Kier molecular flexibility index (Phi) is 5.53. The van der Waals surface area contributed by atoms with Crippen LogP contribution in [0.3, 0.4) is 0 Å². The number of carbonyl (C=O) groups is 1.